The molecule has 4 heteroatoms. The number of hydrogen-bond acceptors (Lipinski definition) is 4. The Labute approximate surface area is 125 Å². The molecule has 1 aliphatic rings. The molecule has 1 aliphatic carbocycles. The molecule has 1 heterocycles. The van der Waals surface area contributed by atoms with E-state index in [1.165, 1.54) is 12.8 Å². The lowest BCUT2D eigenvalue weighted by molar-refractivity contribution is 0.303. The molecule has 1 fully saturated rings. The summed E-state index contributed by atoms with van der Waals surface area (Å²) >= 11 is 0. The molecule has 3 rings (SSSR count). The van der Waals surface area contributed by atoms with Crippen molar-refractivity contribution < 1.29 is 4.74 Å². The first-order chi connectivity index (χ1) is 10.2. The average Bonchev–Trinajstić information content (AvgIpc) is 3.31. The Morgan fingerprint density at radius 1 is 1.19 bits per heavy atom. The highest BCUT2D eigenvalue weighted by atomic mass is 16.5. The van der Waals surface area contributed by atoms with Crippen molar-refractivity contribution in [3.63, 3.8) is 0 Å². The van der Waals surface area contributed by atoms with Crippen molar-refractivity contribution in [1.82, 2.24) is 9.97 Å². The molecule has 0 bridgehead atoms. The topological polar surface area (TPSA) is 47.0 Å². The fourth-order valence-electron chi connectivity index (χ4n) is 2.11. The van der Waals surface area contributed by atoms with E-state index < -0.39 is 0 Å². The molecule has 1 saturated carbocycles. The van der Waals surface area contributed by atoms with Crippen LogP contribution in [-0.2, 0) is 0 Å². The summed E-state index contributed by atoms with van der Waals surface area (Å²) in [7, 11) is 1.88. The predicted molar refractivity (Wildman–Crippen MR) is 84.8 cm³/mol. The van der Waals surface area contributed by atoms with Crippen LogP contribution in [0.25, 0.3) is 11.3 Å². The normalized spacial score (nSPS) is 14.3. The molecule has 0 unspecified atom stereocenters. The summed E-state index contributed by atoms with van der Waals surface area (Å²) in [6.45, 7) is 4.20. The molecule has 1 aromatic heterocycles. The predicted octanol–water partition coefficient (Wildman–Crippen LogP) is 3.85. The van der Waals surface area contributed by atoms with Crippen molar-refractivity contribution >= 4 is 5.82 Å². The second-order valence-corrected chi connectivity index (χ2v) is 5.75. The summed E-state index contributed by atoms with van der Waals surface area (Å²) in [5, 5.41) is 3.11. The van der Waals surface area contributed by atoms with Crippen LogP contribution in [0, 0.1) is 0 Å². The first-order valence-electron chi connectivity index (χ1n) is 7.49. The van der Waals surface area contributed by atoms with E-state index in [1.54, 1.807) is 0 Å². The Hall–Kier alpha value is -2.10. The van der Waals surface area contributed by atoms with Gasteiger partial charge < -0.3 is 10.1 Å². The van der Waals surface area contributed by atoms with Crippen molar-refractivity contribution in [3.8, 4) is 17.0 Å². The van der Waals surface area contributed by atoms with Crippen molar-refractivity contribution in [2.45, 2.75) is 38.7 Å². The van der Waals surface area contributed by atoms with Gasteiger partial charge >= 0.3 is 0 Å². The van der Waals surface area contributed by atoms with Crippen LogP contribution in [0.4, 0.5) is 5.82 Å². The quantitative estimate of drug-likeness (QED) is 0.905. The molecule has 0 aliphatic heterocycles. The van der Waals surface area contributed by atoms with Gasteiger partial charge in [0.2, 0.25) is 0 Å². The molecule has 0 spiro atoms. The Morgan fingerprint density at radius 3 is 2.67 bits per heavy atom. The van der Waals surface area contributed by atoms with Crippen LogP contribution >= 0.6 is 0 Å². The van der Waals surface area contributed by atoms with Crippen LogP contribution in [0.2, 0.25) is 0 Å². The Balaban J connectivity index is 1.96. The van der Waals surface area contributed by atoms with E-state index in [1.807, 2.05) is 25.2 Å². The lowest BCUT2D eigenvalue weighted by Crippen LogP contribution is -2.03. The Morgan fingerprint density at radius 2 is 2.00 bits per heavy atom. The monoisotopic (exact) mass is 283 g/mol. The number of ether oxygens (including phenoxy) is 1. The first-order valence-corrected chi connectivity index (χ1v) is 7.49. The molecule has 0 atom stereocenters. The van der Waals surface area contributed by atoms with Crippen molar-refractivity contribution in [2.24, 2.45) is 0 Å². The molecule has 0 radical (unpaired) electrons. The largest absolute Gasteiger partial charge is 0.490 e. The van der Waals surface area contributed by atoms with Gasteiger partial charge in [-0.05, 0) is 25.0 Å². The molecule has 0 saturated heterocycles. The number of nitrogens with zero attached hydrogens (tertiary/aromatic N) is 2. The smallest absolute Gasteiger partial charge is 0.133 e. The second kappa shape index (κ2) is 5.72. The number of nitrogens with one attached hydrogen (secondary N) is 1. The van der Waals surface area contributed by atoms with E-state index in [0.717, 1.165) is 28.6 Å². The molecule has 4 nitrogen and oxygen atoms in total. The van der Waals surface area contributed by atoms with E-state index in [2.05, 4.69) is 41.3 Å². The first kappa shape index (κ1) is 13.9. The highest BCUT2D eigenvalue weighted by molar-refractivity contribution is 5.64. The van der Waals surface area contributed by atoms with Gasteiger partial charge in [0.15, 0.2) is 0 Å². The van der Waals surface area contributed by atoms with Gasteiger partial charge in [-0.3, -0.25) is 0 Å². The van der Waals surface area contributed by atoms with Crippen molar-refractivity contribution in [2.75, 3.05) is 12.4 Å². The molecular formula is C17H21N3O. The van der Waals surface area contributed by atoms with Crippen LogP contribution in [0.15, 0.2) is 30.3 Å². The van der Waals surface area contributed by atoms with Gasteiger partial charge in [-0.1, -0.05) is 26.0 Å². The van der Waals surface area contributed by atoms with Gasteiger partial charge in [0, 0.05) is 24.6 Å². The number of aromatic nitrogens is 2. The van der Waals surface area contributed by atoms with Crippen molar-refractivity contribution in [3.05, 3.63) is 36.2 Å². The van der Waals surface area contributed by atoms with Gasteiger partial charge in [0.1, 0.15) is 17.4 Å². The highest BCUT2D eigenvalue weighted by Crippen LogP contribution is 2.30. The van der Waals surface area contributed by atoms with E-state index >= 15 is 0 Å². The molecule has 2 aromatic rings. The summed E-state index contributed by atoms with van der Waals surface area (Å²) in [4.78, 5) is 9.18. The minimum absolute atomic E-state index is 0.294. The molecule has 1 aromatic carbocycles. The average molecular weight is 283 g/mol. The summed E-state index contributed by atoms with van der Waals surface area (Å²) in [6, 6.07) is 10.1. The van der Waals surface area contributed by atoms with E-state index in [-0.39, 0.29) is 0 Å². The van der Waals surface area contributed by atoms with E-state index in [9.17, 15) is 0 Å². The van der Waals surface area contributed by atoms with Gasteiger partial charge in [0.25, 0.3) is 0 Å². The molecule has 110 valence electrons. The zero-order valence-electron chi connectivity index (χ0n) is 12.8. The highest BCUT2D eigenvalue weighted by Gasteiger charge is 2.23. The molecular weight excluding hydrogens is 262 g/mol. The fraction of sp³-hybridized carbons (Fsp3) is 0.412. The van der Waals surface area contributed by atoms with Gasteiger partial charge in [-0.15, -0.1) is 0 Å². The third-order valence-electron chi connectivity index (χ3n) is 3.47. The second-order valence-electron chi connectivity index (χ2n) is 5.75. The minimum Gasteiger partial charge on any atom is -0.490 e. The summed E-state index contributed by atoms with van der Waals surface area (Å²) in [5.41, 5.74) is 1.99. The number of anilines is 1. The number of hydrogen-bond donors (Lipinski definition) is 1. The maximum absolute atomic E-state index is 5.86. The minimum atomic E-state index is 0.294. The third kappa shape index (κ3) is 3.32. The fourth-order valence-corrected chi connectivity index (χ4v) is 2.11. The maximum Gasteiger partial charge on any atom is 0.133 e. The molecule has 1 N–H and O–H groups in total. The van der Waals surface area contributed by atoms with E-state index in [4.69, 9.17) is 4.74 Å². The SMILES string of the molecule is CNc1cc(-c2cccc(OC3CC3)c2)nc(C(C)C)n1. The zero-order chi connectivity index (χ0) is 14.8. The van der Waals surface area contributed by atoms with Crippen LogP contribution in [0.3, 0.4) is 0 Å². The molecule has 21 heavy (non-hydrogen) atoms. The lowest BCUT2D eigenvalue weighted by atomic mass is 10.1. The van der Waals surface area contributed by atoms with Crippen LogP contribution in [0.1, 0.15) is 38.4 Å². The number of rotatable bonds is 5. The van der Waals surface area contributed by atoms with Crippen LogP contribution < -0.4 is 10.1 Å². The zero-order valence-corrected chi connectivity index (χ0v) is 12.8. The molecule has 0 amide bonds. The Kier molecular flexibility index (Phi) is 3.78. The van der Waals surface area contributed by atoms with Crippen molar-refractivity contribution in [1.29, 1.82) is 0 Å². The van der Waals surface area contributed by atoms with Gasteiger partial charge in [-0.2, -0.15) is 0 Å². The van der Waals surface area contributed by atoms with E-state index in [0.29, 0.717) is 12.0 Å². The van der Waals surface area contributed by atoms with Crippen LogP contribution in [0.5, 0.6) is 5.75 Å². The summed E-state index contributed by atoms with van der Waals surface area (Å²) < 4.78 is 5.86. The standard InChI is InChI=1S/C17H21N3O/c1-11(2)17-19-15(10-16(18-3)20-17)12-5-4-6-14(9-12)21-13-7-8-13/h4-6,9-11,13H,7-8H2,1-3H3,(H,18,19,20). The summed E-state index contributed by atoms with van der Waals surface area (Å²) in [6.07, 6.45) is 2.74. The Bertz CT molecular complexity index is 636. The number of benzene rings is 1. The third-order valence-corrected chi connectivity index (χ3v) is 3.47. The summed E-state index contributed by atoms with van der Waals surface area (Å²) in [5.74, 6) is 2.91. The van der Waals surface area contributed by atoms with Gasteiger partial charge in [-0.25, -0.2) is 9.97 Å². The van der Waals surface area contributed by atoms with Gasteiger partial charge in [0.05, 0.1) is 11.8 Å². The maximum atomic E-state index is 5.86. The van der Waals surface area contributed by atoms with Crippen LogP contribution in [-0.4, -0.2) is 23.1 Å². The lowest BCUT2D eigenvalue weighted by Gasteiger charge is -2.11.